The molecule has 2 heterocycles. The first-order valence-corrected chi connectivity index (χ1v) is 10.1. The van der Waals surface area contributed by atoms with Crippen LogP contribution in [0, 0.1) is 6.92 Å². The summed E-state index contributed by atoms with van der Waals surface area (Å²) in [6.07, 6.45) is 0. The molecule has 0 saturated carbocycles. The zero-order valence-electron chi connectivity index (χ0n) is 16.1. The molecule has 9 heteroatoms. The van der Waals surface area contributed by atoms with Gasteiger partial charge in [-0.2, -0.15) is 0 Å². The van der Waals surface area contributed by atoms with Crippen molar-refractivity contribution in [3.63, 3.8) is 0 Å². The van der Waals surface area contributed by atoms with Crippen molar-refractivity contribution in [2.24, 2.45) is 11.5 Å². The number of amides is 2. The number of imidazole rings is 1. The van der Waals surface area contributed by atoms with Gasteiger partial charge in [0.1, 0.15) is 5.52 Å². The molecule has 150 valence electrons. The number of thioether (sulfide) groups is 1. The smallest absolute Gasteiger partial charge is 0.269 e. The highest BCUT2D eigenvalue weighted by molar-refractivity contribution is 7.99. The molecule has 0 atom stereocenters. The van der Waals surface area contributed by atoms with Crippen molar-refractivity contribution in [2.45, 2.75) is 12.1 Å². The Hall–Kier alpha value is -3.72. The molecule has 0 saturated heterocycles. The van der Waals surface area contributed by atoms with E-state index in [0.29, 0.717) is 16.6 Å². The van der Waals surface area contributed by atoms with Gasteiger partial charge in [-0.1, -0.05) is 59.8 Å². The third kappa shape index (κ3) is 3.74. The van der Waals surface area contributed by atoms with Crippen molar-refractivity contribution in [1.82, 2.24) is 19.5 Å². The van der Waals surface area contributed by atoms with Crippen molar-refractivity contribution in [3.05, 3.63) is 65.9 Å². The standard InChI is InChI=1S/C21H18N6O2S/c1-12-7-9-13(10-8-12)19-24-16(18(23)29)17-20(26-19)27(14-5-3-2-4-6-14)21(25-17)30-11-15(22)28/h2-10H,11H2,1H3,(H2,22,28)(H2,23,29). The summed E-state index contributed by atoms with van der Waals surface area (Å²) in [5.41, 5.74) is 14.3. The molecule has 0 fully saturated rings. The van der Waals surface area contributed by atoms with Crippen LogP contribution in [0.25, 0.3) is 28.2 Å². The SMILES string of the molecule is Cc1ccc(-c2nc(C(N)=O)c3nc(SCC(N)=O)n(-c4ccccc4)c3n2)cc1. The average Bonchev–Trinajstić information content (AvgIpc) is 3.11. The quantitative estimate of drug-likeness (QED) is 0.463. The molecule has 0 spiro atoms. The molecule has 30 heavy (non-hydrogen) atoms. The lowest BCUT2D eigenvalue weighted by molar-refractivity contribution is -0.115. The molecule has 2 aromatic heterocycles. The molecule has 2 aromatic carbocycles. The van der Waals surface area contributed by atoms with E-state index >= 15 is 0 Å². The number of primary amides is 2. The Morgan fingerprint density at radius 1 is 0.967 bits per heavy atom. The molecule has 0 bridgehead atoms. The Morgan fingerprint density at radius 3 is 2.30 bits per heavy atom. The normalized spacial score (nSPS) is 11.0. The first-order chi connectivity index (χ1) is 14.4. The number of aromatic nitrogens is 4. The molecule has 0 aliphatic heterocycles. The Morgan fingerprint density at radius 2 is 1.67 bits per heavy atom. The Labute approximate surface area is 176 Å². The van der Waals surface area contributed by atoms with Crippen LogP contribution < -0.4 is 11.5 Å². The Kier molecular flexibility index (Phi) is 5.20. The lowest BCUT2D eigenvalue weighted by atomic mass is 10.1. The fourth-order valence-electron chi connectivity index (χ4n) is 2.98. The predicted molar refractivity (Wildman–Crippen MR) is 115 cm³/mol. The molecule has 4 N–H and O–H groups in total. The second-order valence-electron chi connectivity index (χ2n) is 6.62. The number of benzene rings is 2. The summed E-state index contributed by atoms with van der Waals surface area (Å²) in [7, 11) is 0. The molecule has 8 nitrogen and oxygen atoms in total. The molecular weight excluding hydrogens is 400 g/mol. The topological polar surface area (TPSA) is 130 Å². The van der Waals surface area contributed by atoms with Gasteiger partial charge >= 0.3 is 0 Å². The van der Waals surface area contributed by atoms with Crippen molar-refractivity contribution >= 4 is 34.7 Å². The van der Waals surface area contributed by atoms with Gasteiger partial charge in [0.05, 0.1) is 5.75 Å². The van der Waals surface area contributed by atoms with E-state index in [1.165, 1.54) is 0 Å². The van der Waals surface area contributed by atoms with Crippen LogP contribution in [0.15, 0.2) is 59.8 Å². The maximum atomic E-state index is 12.2. The van der Waals surface area contributed by atoms with Crippen LogP contribution in [0.5, 0.6) is 0 Å². The van der Waals surface area contributed by atoms with Crippen LogP contribution in [0.4, 0.5) is 0 Å². The number of hydrogen-bond acceptors (Lipinski definition) is 6. The fourth-order valence-corrected chi connectivity index (χ4v) is 3.73. The van der Waals surface area contributed by atoms with Gasteiger partial charge in [-0.25, -0.2) is 15.0 Å². The summed E-state index contributed by atoms with van der Waals surface area (Å²) < 4.78 is 1.77. The minimum Gasteiger partial charge on any atom is -0.369 e. The van der Waals surface area contributed by atoms with Crippen LogP contribution >= 0.6 is 11.8 Å². The van der Waals surface area contributed by atoms with Gasteiger partial charge in [0.2, 0.25) is 5.91 Å². The number of aryl methyl sites for hydroxylation is 1. The largest absolute Gasteiger partial charge is 0.369 e. The van der Waals surface area contributed by atoms with E-state index in [4.69, 9.17) is 16.5 Å². The van der Waals surface area contributed by atoms with E-state index in [9.17, 15) is 9.59 Å². The van der Waals surface area contributed by atoms with Gasteiger partial charge < -0.3 is 11.5 Å². The molecule has 4 aromatic rings. The summed E-state index contributed by atoms with van der Waals surface area (Å²) in [6.45, 7) is 1.98. The zero-order valence-corrected chi connectivity index (χ0v) is 16.9. The number of fused-ring (bicyclic) bond motifs is 1. The molecule has 2 amide bonds. The summed E-state index contributed by atoms with van der Waals surface area (Å²) in [5.74, 6) is -0.798. The minimum atomic E-state index is -0.708. The lowest BCUT2D eigenvalue weighted by Crippen LogP contribution is -2.15. The highest BCUT2D eigenvalue weighted by atomic mass is 32.2. The number of carbonyl (C=O) groups is 2. The zero-order chi connectivity index (χ0) is 21.3. The van der Waals surface area contributed by atoms with Crippen molar-refractivity contribution in [3.8, 4) is 17.1 Å². The average molecular weight is 418 g/mol. The van der Waals surface area contributed by atoms with E-state index in [2.05, 4.69) is 9.97 Å². The van der Waals surface area contributed by atoms with E-state index in [1.54, 1.807) is 4.57 Å². The van der Waals surface area contributed by atoms with E-state index < -0.39 is 11.8 Å². The minimum absolute atomic E-state index is 0.0196. The van der Waals surface area contributed by atoms with Gasteiger partial charge in [-0.05, 0) is 19.1 Å². The lowest BCUT2D eigenvalue weighted by Gasteiger charge is -2.09. The van der Waals surface area contributed by atoms with Crippen LogP contribution in [0.1, 0.15) is 16.1 Å². The van der Waals surface area contributed by atoms with Gasteiger partial charge in [0.25, 0.3) is 5.91 Å². The predicted octanol–water partition coefficient (Wildman–Crippen LogP) is 2.47. The summed E-state index contributed by atoms with van der Waals surface area (Å²) in [5, 5.41) is 0.466. The number of para-hydroxylation sites is 1. The van der Waals surface area contributed by atoms with Crippen molar-refractivity contribution in [2.75, 3.05) is 5.75 Å². The Bertz CT molecular complexity index is 1250. The first kappa shape index (κ1) is 19.6. The molecule has 0 radical (unpaired) electrons. The number of rotatable bonds is 6. The highest BCUT2D eigenvalue weighted by Crippen LogP contribution is 2.30. The monoisotopic (exact) mass is 418 g/mol. The van der Waals surface area contributed by atoms with Gasteiger partial charge in [0, 0.05) is 11.3 Å². The van der Waals surface area contributed by atoms with Gasteiger partial charge in [-0.3, -0.25) is 14.2 Å². The molecule has 0 aliphatic carbocycles. The molecular formula is C21H18N6O2S. The second kappa shape index (κ2) is 7.96. The summed E-state index contributed by atoms with van der Waals surface area (Å²) in [4.78, 5) is 37.1. The summed E-state index contributed by atoms with van der Waals surface area (Å²) >= 11 is 1.16. The van der Waals surface area contributed by atoms with Crippen LogP contribution in [-0.2, 0) is 4.79 Å². The van der Waals surface area contributed by atoms with Crippen molar-refractivity contribution < 1.29 is 9.59 Å². The van der Waals surface area contributed by atoms with Crippen LogP contribution in [-0.4, -0.2) is 37.1 Å². The van der Waals surface area contributed by atoms with Gasteiger partial charge in [-0.15, -0.1) is 0 Å². The van der Waals surface area contributed by atoms with E-state index in [0.717, 1.165) is 28.6 Å². The molecule has 0 aliphatic rings. The van der Waals surface area contributed by atoms with Crippen molar-refractivity contribution in [1.29, 1.82) is 0 Å². The van der Waals surface area contributed by atoms with Gasteiger partial charge in [0.15, 0.2) is 22.3 Å². The van der Waals surface area contributed by atoms with E-state index in [1.807, 2.05) is 61.5 Å². The highest BCUT2D eigenvalue weighted by Gasteiger charge is 2.22. The van der Waals surface area contributed by atoms with Crippen LogP contribution in [0.2, 0.25) is 0 Å². The Balaban J connectivity index is 2.01. The number of nitrogens with two attached hydrogens (primary N) is 2. The summed E-state index contributed by atoms with van der Waals surface area (Å²) in [6, 6.07) is 17.0. The maximum absolute atomic E-state index is 12.2. The first-order valence-electron chi connectivity index (χ1n) is 9.08. The molecule has 4 rings (SSSR count). The number of nitrogens with zero attached hydrogens (tertiary/aromatic N) is 4. The third-order valence-corrected chi connectivity index (χ3v) is 5.34. The third-order valence-electron chi connectivity index (χ3n) is 4.38. The fraction of sp³-hybridized carbons (Fsp3) is 0.0952. The number of hydrogen-bond donors (Lipinski definition) is 2. The van der Waals surface area contributed by atoms with Crippen LogP contribution in [0.3, 0.4) is 0 Å². The number of carbonyl (C=O) groups excluding carboxylic acids is 2. The molecule has 0 unspecified atom stereocenters. The maximum Gasteiger partial charge on any atom is 0.269 e. The second-order valence-corrected chi connectivity index (χ2v) is 7.56. The van der Waals surface area contributed by atoms with E-state index in [-0.39, 0.29) is 17.0 Å².